The van der Waals surface area contributed by atoms with Gasteiger partial charge < -0.3 is 10.1 Å². The fourth-order valence-corrected chi connectivity index (χ4v) is 2.81. The van der Waals surface area contributed by atoms with Gasteiger partial charge in [0.2, 0.25) is 0 Å². The highest BCUT2D eigenvalue weighted by Gasteiger charge is 2.37. The van der Waals surface area contributed by atoms with Crippen LogP contribution in [0.4, 0.5) is 4.79 Å². The molecule has 1 N–H and O–H groups in total. The first-order valence-corrected chi connectivity index (χ1v) is 5.97. The SMILES string of the molecule is COC(=O)N1CCc2cccc3c2C1CNC3=O. The molecule has 3 rings (SSSR count). The summed E-state index contributed by atoms with van der Waals surface area (Å²) in [6, 6.07) is 5.62. The fourth-order valence-electron chi connectivity index (χ4n) is 2.81. The van der Waals surface area contributed by atoms with E-state index in [1.807, 2.05) is 12.1 Å². The zero-order valence-corrected chi connectivity index (χ0v) is 10.1. The molecule has 0 fully saturated rings. The monoisotopic (exact) mass is 246 g/mol. The Morgan fingerprint density at radius 2 is 2.33 bits per heavy atom. The third kappa shape index (κ3) is 1.47. The summed E-state index contributed by atoms with van der Waals surface area (Å²) in [6.45, 7) is 1.08. The van der Waals surface area contributed by atoms with Gasteiger partial charge in [0.1, 0.15) is 0 Å². The Hall–Kier alpha value is -2.04. The smallest absolute Gasteiger partial charge is 0.410 e. The number of rotatable bonds is 0. The molecule has 1 aromatic rings. The van der Waals surface area contributed by atoms with E-state index in [0.717, 1.165) is 17.5 Å². The van der Waals surface area contributed by atoms with Gasteiger partial charge in [-0.3, -0.25) is 9.69 Å². The number of methoxy groups -OCH3 is 1. The quantitative estimate of drug-likeness (QED) is 0.745. The first-order chi connectivity index (χ1) is 8.72. The molecular weight excluding hydrogens is 232 g/mol. The summed E-state index contributed by atoms with van der Waals surface area (Å²) < 4.78 is 4.80. The molecule has 18 heavy (non-hydrogen) atoms. The van der Waals surface area contributed by atoms with E-state index in [9.17, 15) is 9.59 Å². The highest BCUT2D eigenvalue weighted by Crippen LogP contribution is 2.34. The van der Waals surface area contributed by atoms with E-state index in [1.165, 1.54) is 7.11 Å². The van der Waals surface area contributed by atoms with Gasteiger partial charge in [0.25, 0.3) is 5.91 Å². The molecule has 0 aromatic heterocycles. The van der Waals surface area contributed by atoms with Crippen molar-refractivity contribution in [2.24, 2.45) is 0 Å². The second-order valence-electron chi connectivity index (χ2n) is 4.52. The molecule has 0 radical (unpaired) electrons. The number of nitrogens with zero attached hydrogens (tertiary/aromatic N) is 1. The number of carbonyl (C=O) groups excluding carboxylic acids is 2. The van der Waals surface area contributed by atoms with Crippen LogP contribution < -0.4 is 5.32 Å². The Bertz CT molecular complexity index is 527. The van der Waals surface area contributed by atoms with Crippen LogP contribution in [-0.2, 0) is 11.2 Å². The maximum Gasteiger partial charge on any atom is 0.410 e. The minimum atomic E-state index is -0.336. The largest absolute Gasteiger partial charge is 0.453 e. The molecule has 0 saturated carbocycles. The van der Waals surface area contributed by atoms with Crippen molar-refractivity contribution in [2.45, 2.75) is 12.5 Å². The van der Waals surface area contributed by atoms with Gasteiger partial charge in [-0.05, 0) is 23.6 Å². The van der Waals surface area contributed by atoms with E-state index in [4.69, 9.17) is 4.74 Å². The van der Waals surface area contributed by atoms with Gasteiger partial charge in [-0.2, -0.15) is 0 Å². The van der Waals surface area contributed by atoms with Crippen molar-refractivity contribution >= 4 is 12.0 Å². The molecule has 1 unspecified atom stereocenters. The van der Waals surface area contributed by atoms with E-state index >= 15 is 0 Å². The minimum absolute atomic E-state index is 0.0604. The van der Waals surface area contributed by atoms with Crippen LogP contribution in [0.1, 0.15) is 27.5 Å². The molecular formula is C13H14N2O3. The normalized spacial score (nSPS) is 21.1. The van der Waals surface area contributed by atoms with Crippen LogP contribution in [0.2, 0.25) is 0 Å². The maximum atomic E-state index is 11.8. The lowest BCUT2D eigenvalue weighted by atomic mass is 9.86. The number of hydrogen-bond acceptors (Lipinski definition) is 3. The van der Waals surface area contributed by atoms with Gasteiger partial charge >= 0.3 is 6.09 Å². The van der Waals surface area contributed by atoms with E-state index < -0.39 is 0 Å². The standard InChI is InChI=1S/C13H14N2O3/c1-18-13(17)15-6-5-8-3-2-4-9-11(8)10(15)7-14-12(9)16/h2-4,10H,5-7H2,1H3,(H,14,16). The van der Waals surface area contributed by atoms with Crippen molar-refractivity contribution in [3.8, 4) is 0 Å². The lowest BCUT2D eigenvalue weighted by Gasteiger charge is -2.39. The molecule has 0 bridgehead atoms. The van der Waals surface area contributed by atoms with Gasteiger partial charge in [-0.25, -0.2) is 4.79 Å². The van der Waals surface area contributed by atoms with E-state index in [2.05, 4.69) is 5.32 Å². The summed E-state index contributed by atoms with van der Waals surface area (Å²) in [5, 5.41) is 2.82. The zero-order valence-electron chi connectivity index (χ0n) is 10.1. The third-order valence-corrected chi connectivity index (χ3v) is 3.64. The molecule has 2 heterocycles. The highest BCUT2D eigenvalue weighted by molar-refractivity contribution is 5.97. The Kier molecular flexibility index (Phi) is 2.47. The molecule has 94 valence electrons. The second-order valence-corrected chi connectivity index (χ2v) is 4.52. The van der Waals surface area contributed by atoms with Gasteiger partial charge in [-0.1, -0.05) is 12.1 Å². The van der Waals surface area contributed by atoms with Crippen LogP contribution in [0.3, 0.4) is 0 Å². The molecule has 2 amide bonds. The topological polar surface area (TPSA) is 58.6 Å². The number of hydrogen-bond donors (Lipinski definition) is 1. The average molecular weight is 246 g/mol. The first-order valence-electron chi connectivity index (χ1n) is 5.97. The first kappa shape index (κ1) is 11.1. The van der Waals surface area contributed by atoms with Gasteiger partial charge in [0.05, 0.1) is 13.2 Å². The fraction of sp³-hybridized carbons (Fsp3) is 0.385. The average Bonchev–Trinajstić information content (AvgIpc) is 2.42. The van der Waals surface area contributed by atoms with E-state index in [1.54, 1.807) is 11.0 Å². The van der Waals surface area contributed by atoms with E-state index in [0.29, 0.717) is 18.7 Å². The van der Waals surface area contributed by atoms with Crippen LogP contribution in [0, 0.1) is 0 Å². The van der Waals surface area contributed by atoms with Crippen molar-refractivity contribution in [3.63, 3.8) is 0 Å². The Morgan fingerprint density at radius 3 is 3.11 bits per heavy atom. The molecule has 2 aliphatic rings. The molecule has 0 aliphatic carbocycles. The molecule has 0 saturated heterocycles. The van der Waals surface area contributed by atoms with Crippen molar-refractivity contribution in [2.75, 3.05) is 20.2 Å². The van der Waals surface area contributed by atoms with Gasteiger partial charge in [0, 0.05) is 18.7 Å². The minimum Gasteiger partial charge on any atom is -0.453 e. The number of ether oxygens (including phenoxy) is 1. The molecule has 2 aliphatic heterocycles. The summed E-state index contributed by atoms with van der Waals surface area (Å²) in [7, 11) is 1.38. The Balaban J connectivity index is 2.09. The predicted octanol–water partition coefficient (Wildman–Crippen LogP) is 1.10. The lowest BCUT2D eigenvalue weighted by Crippen LogP contribution is -2.49. The zero-order chi connectivity index (χ0) is 12.7. The second kappa shape index (κ2) is 4.01. The van der Waals surface area contributed by atoms with Crippen molar-refractivity contribution in [1.82, 2.24) is 10.2 Å². The third-order valence-electron chi connectivity index (χ3n) is 3.64. The van der Waals surface area contributed by atoms with Crippen LogP contribution in [0.15, 0.2) is 18.2 Å². The predicted molar refractivity (Wildman–Crippen MR) is 64.3 cm³/mol. The summed E-state index contributed by atoms with van der Waals surface area (Å²) in [6.07, 6.45) is 0.429. The van der Waals surface area contributed by atoms with Crippen molar-refractivity contribution < 1.29 is 14.3 Å². The van der Waals surface area contributed by atoms with Crippen LogP contribution in [0.25, 0.3) is 0 Å². The molecule has 1 atom stereocenters. The number of carbonyl (C=O) groups is 2. The maximum absolute atomic E-state index is 11.8. The lowest BCUT2D eigenvalue weighted by molar-refractivity contribution is 0.0829. The Labute approximate surface area is 105 Å². The molecule has 5 heteroatoms. The summed E-state index contributed by atoms with van der Waals surface area (Å²) in [4.78, 5) is 25.3. The number of amides is 2. The summed E-state index contributed by atoms with van der Waals surface area (Å²) >= 11 is 0. The van der Waals surface area contributed by atoms with Gasteiger partial charge in [-0.15, -0.1) is 0 Å². The summed E-state index contributed by atoms with van der Waals surface area (Å²) in [5.74, 6) is -0.0604. The van der Waals surface area contributed by atoms with Gasteiger partial charge in [0.15, 0.2) is 0 Å². The van der Waals surface area contributed by atoms with Crippen LogP contribution in [-0.4, -0.2) is 37.1 Å². The number of nitrogens with one attached hydrogen (secondary N) is 1. The van der Waals surface area contributed by atoms with Crippen LogP contribution >= 0.6 is 0 Å². The van der Waals surface area contributed by atoms with Crippen molar-refractivity contribution in [1.29, 1.82) is 0 Å². The molecule has 5 nitrogen and oxygen atoms in total. The Morgan fingerprint density at radius 1 is 1.50 bits per heavy atom. The molecule has 1 aromatic carbocycles. The highest BCUT2D eigenvalue weighted by atomic mass is 16.5. The number of benzene rings is 1. The van der Waals surface area contributed by atoms with Crippen LogP contribution in [0.5, 0.6) is 0 Å². The van der Waals surface area contributed by atoms with E-state index in [-0.39, 0.29) is 18.0 Å². The summed E-state index contributed by atoms with van der Waals surface area (Å²) in [5.41, 5.74) is 2.82. The van der Waals surface area contributed by atoms with Crippen molar-refractivity contribution in [3.05, 3.63) is 34.9 Å². The molecule has 0 spiro atoms.